The van der Waals surface area contributed by atoms with E-state index in [-0.39, 0.29) is 12.2 Å². The summed E-state index contributed by atoms with van der Waals surface area (Å²) in [5.41, 5.74) is 5.34. The number of nitrogens with one attached hydrogen (secondary N) is 1. The van der Waals surface area contributed by atoms with Crippen molar-refractivity contribution in [2.45, 2.75) is 38.9 Å². The van der Waals surface area contributed by atoms with E-state index in [0.717, 1.165) is 34.6 Å². The highest BCUT2D eigenvalue weighted by Gasteiger charge is 2.28. The molecular weight excluding hydrogens is 372 g/mol. The minimum atomic E-state index is -0.257. The number of aryl methyl sites for hydroxylation is 1. The number of aliphatic imine (C=N–C) groups is 1. The highest BCUT2D eigenvalue weighted by atomic mass is 16.5. The van der Waals surface area contributed by atoms with Crippen molar-refractivity contribution >= 4 is 5.71 Å². The van der Waals surface area contributed by atoms with Crippen molar-refractivity contribution in [2.75, 3.05) is 6.61 Å². The van der Waals surface area contributed by atoms with Crippen LogP contribution in [0.15, 0.2) is 77.8 Å². The van der Waals surface area contributed by atoms with Crippen molar-refractivity contribution in [3.05, 3.63) is 95.1 Å². The molecule has 0 radical (unpaired) electrons. The minimum absolute atomic E-state index is 0.0516. The predicted octanol–water partition coefficient (Wildman–Crippen LogP) is 5.58. The molecule has 1 heterocycles. The molecule has 0 saturated heterocycles. The number of nitrogens with zero attached hydrogens (tertiary/aromatic N) is 1. The highest BCUT2D eigenvalue weighted by Crippen LogP contribution is 2.36. The van der Waals surface area contributed by atoms with Gasteiger partial charge < -0.3 is 9.84 Å². The molecule has 0 spiro atoms. The molecule has 4 rings (SSSR count). The maximum atomic E-state index is 10.5. The summed E-state index contributed by atoms with van der Waals surface area (Å²) < 4.78 is 5.87. The molecule has 0 aliphatic carbocycles. The van der Waals surface area contributed by atoms with Gasteiger partial charge in [0.15, 0.2) is 0 Å². The lowest BCUT2D eigenvalue weighted by molar-refractivity contribution is 0.327. The second-order valence-corrected chi connectivity index (χ2v) is 7.48. The van der Waals surface area contributed by atoms with Crippen molar-refractivity contribution in [1.82, 2.24) is 5.32 Å². The Morgan fingerprint density at radius 1 is 0.933 bits per heavy atom. The van der Waals surface area contributed by atoms with Crippen LogP contribution in [-0.2, 0) is 6.42 Å². The predicted molar refractivity (Wildman–Crippen MR) is 121 cm³/mol. The molecule has 4 nitrogen and oxygen atoms in total. The van der Waals surface area contributed by atoms with E-state index in [0.29, 0.717) is 18.8 Å². The molecule has 0 bridgehead atoms. The Morgan fingerprint density at radius 3 is 2.33 bits per heavy atom. The molecule has 2 N–H and O–H groups in total. The van der Waals surface area contributed by atoms with Crippen molar-refractivity contribution in [1.29, 1.82) is 0 Å². The zero-order valence-electron chi connectivity index (χ0n) is 17.5. The summed E-state index contributed by atoms with van der Waals surface area (Å²) in [5, 5.41) is 14.1. The summed E-state index contributed by atoms with van der Waals surface area (Å²) >= 11 is 0. The number of phenols is 1. The minimum Gasteiger partial charge on any atom is -0.508 e. The summed E-state index contributed by atoms with van der Waals surface area (Å²) in [5.74, 6) is 1.13. The Bertz CT molecular complexity index is 1030. The first kappa shape index (κ1) is 20.2. The first-order valence-corrected chi connectivity index (χ1v) is 10.6. The van der Waals surface area contributed by atoms with Crippen LogP contribution in [-0.4, -0.2) is 17.4 Å². The fraction of sp³-hybridized carbons (Fsp3) is 0.269. The van der Waals surface area contributed by atoms with Crippen molar-refractivity contribution in [3.8, 4) is 11.5 Å². The van der Waals surface area contributed by atoms with Crippen LogP contribution in [0.5, 0.6) is 11.5 Å². The van der Waals surface area contributed by atoms with Crippen LogP contribution in [0, 0.1) is 0 Å². The number of para-hydroxylation sites is 2. The van der Waals surface area contributed by atoms with Crippen LogP contribution >= 0.6 is 0 Å². The molecule has 1 aliphatic heterocycles. The van der Waals surface area contributed by atoms with Crippen LogP contribution in [0.2, 0.25) is 0 Å². The van der Waals surface area contributed by atoms with Crippen LogP contribution < -0.4 is 10.1 Å². The first-order chi connectivity index (χ1) is 14.7. The van der Waals surface area contributed by atoms with E-state index in [4.69, 9.17) is 9.73 Å². The molecular formula is C26H28N2O2. The average Bonchev–Trinajstić information content (AvgIpc) is 2.80. The topological polar surface area (TPSA) is 53.9 Å². The molecule has 0 amide bonds. The van der Waals surface area contributed by atoms with E-state index in [2.05, 4.69) is 42.6 Å². The third-order valence-corrected chi connectivity index (χ3v) is 5.56. The second kappa shape index (κ2) is 9.14. The van der Waals surface area contributed by atoms with Gasteiger partial charge in [0.25, 0.3) is 0 Å². The van der Waals surface area contributed by atoms with E-state index >= 15 is 0 Å². The molecule has 0 unspecified atom stereocenters. The monoisotopic (exact) mass is 400 g/mol. The number of hydrogen-bond acceptors (Lipinski definition) is 4. The van der Waals surface area contributed by atoms with Crippen LogP contribution in [0.1, 0.15) is 54.7 Å². The van der Waals surface area contributed by atoms with Gasteiger partial charge in [-0.25, -0.2) is 0 Å². The summed E-state index contributed by atoms with van der Waals surface area (Å²) in [7, 11) is 0. The van der Waals surface area contributed by atoms with E-state index in [1.807, 2.05) is 43.3 Å². The zero-order valence-corrected chi connectivity index (χ0v) is 17.5. The number of aromatic hydroxyl groups is 1. The van der Waals surface area contributed by atoms with E-state index in [1.165, 1.54) is 5.56 Å². The SMILES string of the molecule is CCOc1ccccc1[C@H]1N=C(c2ccc(CC)cc2)C[C@@H](c2ccccc2O)N1. The molecule has 0 fully saturated rings. The number of hydrogen-bond donors (Lipinski definition) is 2. The molecule has 154 valence electrons. The van der Waals surface area contributed by atoms with Crippen molar-refractivity contribution in [2.24, 2.45) is 4.99 Å². The smallest absolute Gasteiger partial charge is 0.129 e. The van der Waals surface area contributed by atoms with E-state index in [9.17, 15) is 5.11 Å². The Kier molecular flexibility index (Phi) is 6.15. The average molecular weight is 401 g/mol. The summed E-state index contributed by atoms with van der Waals surface area (Å²) in [4.78, 5) is 5.07. The Hall–Kier alpha value is -3.11. The van der Waals surface area contributed by atoms with Crippen molar-refractivity contribution in [3.63, 3.8) is 0 Å². The van der Waals surface area contributed by atoms with Gasteiger partial charge in [-0.1, -0.05) is 67.6 Å². The van der Waals surface area contributed by atoms with E-state index < -0.39 is 0 Å². The normalized spacial score (nSPS) is 18.7. The number of rotatable bonds is 6. The number of phenolic OH excluding ortho intramolecular Hbond substituents is 1. The van der Waals surface area contributed by atoms with Crippen LogP contribution in [0.25, 0.3) is 0 Å². The maximum Gasteiger partial charge on any atom is 0.129 e. The van der Waals surface area contributed by atoms with Gasteiger partial charge in [0.2, 0.25) is 0 Å². The summed E-state index contributed by atoms with van der Waals surface area (Å²) in [6.45, 7) is 4.74. The van der Waals surface area contributed by atoms with Gasteiger partial charge in [0, 0.05) is 29.3 Å². The van der Waals surface area contributed by atoms with Crippen LogP contribution in [0.4, 0.5) is 0 Å². The van der Waals surface area contributed by atoms with Gasteiger partial charge in [0.1, 0.15) is 17.7 Å². The fourth-order valence-electron chi connectivity index (χ4n) is 3.95. The highest BCUT2D eigenvalue weighted by molar-refractivity contribution is 6.01. The lowest BCUT2D eigenvalue weighted by Crippen LogP contribution is -2.33. The van der Waals surface area contributed by atoms with Gasteiger partial charge in [-0.15, -0.1) is 0 Å². The van der Waals surface area contributed by atoms with Crippen LogP contribution in [0.3, 0.4) is 0 Å². The molecule has 3 aromatic carbocycles. The third kappa shape index (κ3) is 4.24. The summed E-state index contributed by atoms with van der Waals surface area (Å²) in [6.07, 6.45) is 1.46. The zero-order chi connectivity index (χ0) is 20.9. The molecule has 1 aliphatic rings. The number of ether oxygens (including phenoxy) is 1. The lowest BCUT2D eigenvalue weighted by atomic mass is 9.93. The molecule has 2 atom stereocenters. The quantitative estimate of drug-likeness (QED) is 0.568. The Morgan fingerprint density at radius 2 is 1.63 bits per heavy atom. The Labute approximate surface area is 178 Å². The molecule has 4 heteroatoms. The fourth-order valence-corrected chi connectivity index (χ4v) is 3.95. The lowest BCUT2D eigenvalue weighted by Gasteiger charge is -2.31. The largest absolute Gasteiger partial charge is 0.508 e. The third-order valence-electron chi connectivity index (χ3n) is 5.56. The van der Waals surface area contributed by atoms with Gasteiger partial charge in [-0.2, -0.15) is 0 Å². The maximum absolute atomic E-state index is 10.5. The van der Waals surface area contributed by atoms with Crippen molar-refractivity contribution < 1.29 is 9.84 Å². The second-order valence-electron chi connectivity index (χ2n) is 7.48. The first-order valence-electron chi connectivity index (χ1n) is 10.6. The Balaban J connectivity index is 1.76. The molecule has 0 aromatic heterocycles. The van der Waals surface area contributed by atoms with E-state index in [1.54, 1.807) is 6.07 Å². The van der Waals surface area contributed by atoms with Gasteiger partial charge in [0.05, 0.1) is 6.61 Å². The van der Waals surface area contributed by atoms with Gasteiger partial charge in [-0.05, 0) is 36.6 Å². The molecule has 0 saturated carbocycles. The summed E-state index contributed by atoms with van der Waals surface area (Å²) in [6, 6.07) is 24.1. The molecule has 3 aromatic rings. The molecule has 30 heavy (non-hydrogen) atoms. The van der Waals surface area contributed by atoms with Gasteiger partial charge >= 0.3 is 0 Å². The van der Waals surface area contributed by atoms with Gasteiger partial charge in [-0.3, -0.25) is 10.3 Å². The standard InChI is InChI=1S/C26H28N2O2/c1-3-18-13-15-19(16-14-18)22-17-23(20-9-5-7-11-24(20)29)28-26(27-22)21-10-6-8-12-25(21)30-4-2/h5-16,23,26,28-29H,3-4,17H2,1-2H3/t23-,26-/m0/s1. The number of benzene rings is 3.